The molecule has 3 rings (SSSR count). The molecular formula is C16H15NO4. The Kier molecular flexibility index (Phi) is 2.93. The fourth-order valence-electron chi connectivity index (χ4n) is 3.16. The van der Waals surface area contributed by atoms with Crippen molar-refractivity contribution in [1.29, 1.82) is 0 Å². The Morgan fingerprint density at radius 2 is 2.00 bits per heavy atom. The average molecular weight is 285 g/mol. The molecule has 2 atom stereocenters. The fraction of sp³-hybridized carbons (Fsp3) is 0.312. The molecule has 1 aliphatic heterocycles. The highest BCUT2D eigenvalue weighted by atomic mass is 16.4. The SMILES string of the molecule is CC12CC=CCC1C(=O)N(c1ccccc1C(=O)O)C2=O. The Hall–Kier alpha value is -2.43. The summed E-state index contributed by atoms with van der Waals surface area (Å²) in [6, 6.07) is 6.12. The first kappa shape index (κ1) is 13.5. The van der Waals surface area contributed by atoms with Crippen LogP contribution in [0.3, 0.4) is 0 Å². The number of anilines is 1. The molecule has 1 fully saturated rings. The Balaban J connectivity index is 2.11. The number of carbonyl (C=O) groups is 3. The van der Waals surface area contributed by atoms with Gasteiger partial charge in [-0.2, -0.15) is 0 Å². The maximum absolute atomic E-state index is 12.7. The molecule has 2 aliphatic rings. The number of imide groups is 1. The van der Waals surface area contributed by atoms with Gasteiger partial charge in [0.15, 0.2) is 0 Å². The number of aromatic carboxylic acids is 1. The molecule has 2 amide bonds. The van der Waals surface area contributed by atoms with Gasteiger partial charge in [-0.05, 0) is 31.9 Å². The van der Waals surface area contributed by atoms with Gasteiger partial charge >= 0.3 is 5.97 Å². The zero-order valence-corrected chi connectivity index (χ0v) is 11.6. The molecule has 1 N–H and O–H groups in total. The molecule has 0 radical (unpaired) electrons. The van der Waals surface area contributed by atoms with Crippen LogP contribution in [-0.4, -0.2) is 22.9 Å². The molecule has 108 valence electrons. The van der Waals surface area contributed by atoms with Crippen molar-refractivity contribution in [2.75, 3.05) is 4.90 Å². The molecule has 2 unspecified atom stereocenters. The molecule has 5 heteroatoms. The number of rotatable bonds is 2. The zero-order chi connectivity index (χ0) is 15.2. The average Bonchev–Trinajstić information content (AvgIpc) is 2.67. The van der Waals surface area contributed by atoms with E-state index in [-0.39, 0.29) is 23.1 Å². The van der Waals surface area contributed by atoms with Crippen molar-refractivity contribution in [3.05, 3.63) is 42.0 Å². The van der Waals surface area contributed by atoms with Gasteiger partial charge in [0.25, 0.3) is 0 Å². The summed E-state index contributed by atoms with van der Waals surface area (Å²) in [5.74, 6) is -2.17. The van der Waals surface area contributed by atoms with E-state index in [2.05, 4.69) is 0 Å². The Morgan fingerprint density at radius 1 is 1.29 bits per heavy atom. The number of allylic oxidation sites excluding steroid dienone is 2. The summed E-state index contributed by atoms with van der Waals surface area (Å²) in [5, 5.41) is 9.26. The fourth-order valence-corrected chi connectivity index (χ4v) is 3.16. The maximum atomic E-state index is 12.7. The number of hydrogen-bond donors (Lipinski definition) is 1. The Bertz CT molecular complexity index is 679. The number of nitrogens with zero attached hydrogens (tertiary/aromatic N) is 1. The number of benzene rings is 1. The Morgan fingerprint density at radius 3 is 2.67 bits per heavy atom. The van der Waals surface area contributed by atoms with E-state index in [1.54, 1.807) is 19.1 Å². The normalized spacial score (nSPS) is 27.9. The molecule has 1 heterocycles. The molecule has 1 aliphatic carbocycles. The summed E-state index contributed by atoms with van der Waals surface area (Å²) >= 11 is 0. The predicted molar refractivity (Wildman–Crippen MR) is 75.9 cm³/mol. The van der Waals surface area contributed by atoms with E-state index in [9.17, 15) is 19.5 Å². The zero-order valence-electron chi connectivity index (χ0n) is 11.6. The molecule has 0 aromatic heterocycles. The van der Waals surface area contributed by atoms with E-state index < -0.39 is 17.3 Å². The second-order valence-corrected chi connectivity index (χ2v) is 5.68. The van der Waals surface area contributed by atoms with Crippen molar-refractivity contribution in [3.8, 4) is 0 Å². The topological polar surface area (TPSA) is 74.7 Å². The maximum Gasteiger partial charge on any atom is 0.337 e. The van der Waals surface area contributed by atoms with E-state index in [1.807, 2.05) is 12.2 Å². The first-order valence-electron chi connectivity index (χ1n) is 6.82. The van der Waals surface area contributed by atoms with Crippen LogP contribution in [0.1, 0.15) is 30.1 Å². The minimum atomic E-state index is -1.15. The molecule has 1 saturated heterocycles. The van der Waals surface area contributed by atoms with Crippen molar-refractivity contribution in [2.24, 2.45) is 11.3 Å². The van der Waals surface area contributed by atoms with Crippen LogP contribution in [0.5, 0.6) is 0 Å². The molecule has 0 bridgehead atoms. The predicted octanol–water partition coefficient (Wildman–Crippen LogP) is 2.23. The number of carbonyl (C=O) groups excluding carboxylic acids is 2. The largest absolute Gasteiger partial charge is 0.478 e. The van der Waals surface area contributed by atoms with E-state index in [1.165, 1.54) is 12.1 Å². The van der Waals surface area contributed by atoms with Gasteiger partial charge in [0.1, 0.15) is 0 Å². The molecule has 1 aromatic carbocycles. The van der Waals surface area contributed by atoms with Gasteiger partial charge in [0, 0.05) is 0 Å². The third kappa shape index (κ3) is 1.81. The molecule has 1 aromatic rings. The highest BCUT2D eigenvalue weighted by molar-refractivity contribution is 6.25. The van der Waals surface area contributed by atoms with E-state index in [0.717, 1.165) is 4.90 Å². The number of amides is 2. The molecule has 0 spiro atoms. The van der Waals surface area contributed by atoms with Crippen LogP contribution in [-0.2, 0) is 9.59 Å². The third-order valence-corrected chi connectivity index (χ3v) is 4.43. The third-order valence-electron chi connectivity index (χ3n) is 4.43. The number of hydrogen-bond acceptors (Lipinski definition) is 3. The van der Waals surface area contributed by atoms with Gasteiger partial charge in [0.2, 0.25) is 11.8 Å². The highest BCUT2D eigenvalue weighted by Crippen LogP contribution is 2.47. The number of fused-ring (bicyclic) bond motifs is 1. The van der Waals surface area contributed by atoms with E-state index in [0.29, 0.717) is 12.8 Å². The standard InChI is InChI=1S/C16H15NO4/c1-16-9-5-4-7-11(16)13(18)17(15(16)21)12-8-3-2-6-10(12)14(19)20/h2-6,8,11H,7,9H2,1H3,(H,19,20). The van der Waals surface area contributed by atoms with Gasteiger partial charge in [0.05, 0.1) is 22.6 Å². The van der Waals surface area contributed by atoms with Crippen LogP contribution >= 0.6 is 0 Å². The van der Waals surface area contributed by atoms with Crippen LogP contribution in [0, 0.1) is 11.3 Å². The monoisotopic (exact) mass is 285 g/mol. The van der Waals surface area contributed by atoms with Gasteiger partial charge < -0.3 is 5.11 Å². The molecule has 0 saturated carbocycles. The van der Waals surface area contributed by atoms with Crippen molar-refractivity contribution in [2.45, 2.75) is 19.8 Å². The lowest BCUT2D eigenvalue weighted by atomic mass is 9.72. The summed E-state index contributed by atoms with van der Waals surface area (Å²) in [5.41, 5.74) is -0.637. The van der Waals surface area contributed by atoms with Gasteiger partial charge in [-0.15, -0.1) is 0 Å². The first-order valence-corrected chi connectivity index (χ1v) is 6.82. The summed E-state index contributed by atoms with van der Waals surface area (Å²) in [4.78, 5) is 37.7. The lowest BCUT2D eigenvalue weighted by molar-refractivity contribution is -0.126. The summed E-state index contributed by atoms with van der Waals surface area (Å²) in [6.45, 7) is 1.78. The lowest BCUT2D eigenvalue weighted by Gasteiger charge is -2.27. The highest BCUT2D eigenvalue weighted by Gasteiger charge is 2.56. The minimum Gasteiger partial charge on any atom is -0.478 e. The van der Waals surface area contributed by atoms with Gasteiger partial charge in [-0.25, -0.2) is 9.69 Å². The van der Waals surface area contributed by atoms with Crippen LogP contribution in [0.25, 0.3) is 0 Å². The van der Waals surface area contributed by atoms with E-state index in [4.69, 9.17) is 0 Å². The van der Waals surface area contributed by atoms with Gasteiger partial charge in [-0.3, -0.25) is 9.59 Å². The van der Waals surface area contributed by atoms with Crippen molar-refractivity contribution < 1.29 is 19.5 Å². The smallest absolute Gasteiger partial charge is 0.337 e. The molecular weight excluding hydrogens is 270 g/mol. The summed E-state index contributed by atoms with van der Waals surface area (Å²) in [7, 11) is 0. The van der Waals surface area contributed by atoms with Crippen molar-refractivity contribution >= 4 is 23.5 Å². The lowest BCUT2D eigenvalue weighted by Crippen LogP contribution is -2.35. The second-order valence-electron chi connectivity index (χ2n) is 5.68. The summed E-state index contributed by atoms with van der Waals surface area (Å²) in [6.07, 6.45) is 4.85. The first-order chi connectivity index (χ1) is 9.97. The number of carboxylic acids is 1. The molecule has 5 nitrogen and oxygen atoms in total. The quantitative estimate of drug-likeness (QED) is 0.668. The van der Waals surface area contributed by atoms with Crippen LogP contribution < -0.4 is 4.90 Å². The van der Waals surface area contributed by atoms with Crippen molar-refractivity contribution in [1.82, 2.24) is 0 Å². The van der Waals surface area contributed by atoms with Crippen LogP contribution in [0.4, 0.5) is 5.69 Å². The minimum absolute atomic E-state index is 0.0330. The second kappa shape index (κ2) is 4.55. The number of para-hydroxylation sites is 1. The van der Waals surface area contributed by atoms with Gasteiger partial charge in [-0.1, -0.05) is 24.3 Å². The molecule has 21 heavy (non-hydrogen) atoms. The summed E-state index contributed by atoms with van der Waals surface area (Å²) < 4.78 is 0. The van der Waals surface area contributed by atoms with Crippen LogP contribution in [0.2, 0.25) is 0 Å². The van der Waals surface area contributed by atoms with E-state index >= 15 is 0 Å². The Labute approximate surface area is 121 Å². The number of carboxylic acid groups (broad SMARTS) is 1. The van der Waals surface area contributed by atoms with Crippen LogP contribution in [0.15, 0.2) is 36.4 Å². The van der Waals surface area contributed by atoms with Crippen molar-refractivity contribution in [3.63, 3.8) is 0 Å².